The maximum atomic E-state index is 6.19. The molecule has 1 atom stereocenters. The summed E-state index contributed by atoms with van der Waals surface area (Å²) in [5, 5.41) is 3.34. The zero-order valence-corrected chi connectivity index (χ0v) is 11.5. The van der Waals surface area contributed by atoms with E-state index in [0.717, 1.165) is 10.4 Å². The van der Waals surface area contributed by atoms with Gasteiger partial charge in [0.25, 0.3) is 0 Å². The summed E-state index contributed by atoms with van der Waals surface area (Å²) < 4.78 is 0. The van der Waals surface area contributed by atoms with Crippen molar-refractivity contribution >= 4 is 34.5 Å². The molecular formula is C12H12Cl2N2S. The van der Waals surface area contributed by atoms with Crippen LogP contribution in [0.3, 0.4) is 0 Å². The van der Waals surface area contributed by atoms with Crippen LogP contribution in [-0.4, -0.2) is 0 Å². The minimum absolute atomic E-state index is 0.124. The molecule has 1 aromatic heterocycles. The third-order valence-electron chi connectivity index (χ3n) is 2.60. The molecular weight excluding hydrogens is 275 g/mol. The number of hydrazine groups is 1. The molecule has 0 radical (unpaired) electrons. The zero-order chi connectivity index (χ0) is 12.4. The molecule has 17 heavy (non-hydrogen) atoms. The summed E-state index contributed by atoms with van der Waals surface area (Å²) in [7, 11) is 0. The van der Waals surface area contributed by atoms with Gasteiger partial charge in [-0.25, -0.2) is 5.43 Å². The van der Waals surface area contributed by atoms with E-state index in [1.807, 2.05) is 11.4 Å². The van der Waals surface area contributed by atoms with Crippen LogP contribution >= 0.6 is 34.5 Å². The van der Waals surface area contributed by atoms with Crippen LogP contribution in [-0.2, 0) is 0 Å². The van der Waals surface area contributed by atoms with Gasteiger partial charge in [-0.3, -0.25) is 5.84 Å². The van der Waals surface area contributed by atoms with Gasteiger partial charge >= 0.3 is 0 Å². The van der Waals surface area contributed by atoms with E-state index in [4.69, 9.17) is 29.0 Å². The van der Waals surface area contributed by atoms with Crippen LogP contribution in [0.4, 0.5) is 0 Å². The summed E-state index contributed by atoms with van der Waals surface area (Å²) in [4.78, 5) is 1.15. The first kappa shape index (κ1) is 12.9. The van der Waals surface area contributed by atoms with Gasteiger partial charge in [-0.1, -0.05) is 23.2 Å². The monoisotopic (exact) mass is 286 g/mol. The molecule has 0 spiro atoms. The van der Waals surface area contributed by atoms with E-state index in [9.17, 15) is 0 Å². The lowest BCUT2D eigenvalue weighted by molar-refractivity contribution is 0.644. The van der Waals surface area contributed by atoms with Gasteiger partial charge in [0, 0.05) is 14.9 Å². The molecule has 1 heterocycles. The fourth-order valence-electron chi connectivity index (χ4n) is 1.72. The SMILES string of the molecule is Cc1ccsc1C(NN)c1cc(Cl)ccc1Cl. The molecule has 3 N–H and O–H groups in total. The van der Waals surface area contributed by atoms with Crippen LogP contribution in [0.1, 0.15) is 22.0 Å². The normalized spacial score (nSPS) is 12.7. The van der Waals surface area contributed by atoms with Crippen LogP contribution in [0.2, 0.25) is 10.0 Å². The Balaban J connectivity index is 2.49. The van der Waals surface area contributed by atoms with E-state index < -0.39 is 0 Å². The molecule has 0 bridgehead atoms. The number of nitrogens with one attached hydrogen (secondary N) is 1. The van der Waals surface area contributed by atoms with Crippen molar-refractivity contribution in [1.29, 1.82) is 0 Å². The lowest BCUT2D eigenvalue weighted by Gasteiger charge is -2.17. The Hall–Kier alpha value is -0.580. The number of benzene rings is 1. The molecule has 0 saturated carbocycles. The Kier molecular flexibility index (Phi) is 4.07. The maximum Gasteiger partial charge on any atom is 0.0820 e. The Bertz CT molecular complexity index is 525. The molecule has 1 unspecified atom stereocenters. The Morgan fingerprint density at radius 1 is 1.29 bits per heavy atom. The quantitative estimate of drug-likeness (QED) is 0.663. The third-order valence-corrected chi connectivity index (χ3v) is 4.26. The summed E-state index contributed by atoms with van der Waals surface area (Å²) in [5.74, 6) is 5.64. The van der Waals surface area contributed by atoms with Crippen molar-refractivity contribution in [3.63, 3.8) is 0 Å². The standard InChI is InChI=1S/C12H12Cl2N2S/c1-7-4-5-17-12(7)11(16-15)9-6-8(13)2-3-10(9)14/h2-6,11,16H,15H2,1H3. The summed E-state index contributed by atoms with van der Waals surface area (Å²) in [6.45, 7) is 2.05. The number of rotatable bonds is 3. The van der Waals surface area contributed by atoms with Crippen molar-refractivity contribution in [2.24, 2.45) is 5.84 Å². The second-order valence-electron chi connectivity index (χ2n) is 3.73. The number of hydrogen-bond donors (Lipinski definition) is 2. The molecule has 0 saturated heterocycles. The van der Waals surface area contributed by atoms with Gasteiger partial charge in [-0.05, 0) is 47.7 Å². The van der Waals surface area contributed by atoms with Crippen LogP contribution in [0.15, 0.2) is 29.6 Å². The predicted molar refractivity (Wildman–Crippen MR) is 74.7 cm³/mol. The van der Waals surface area contributed by atoms with E-state index in [1.54, 1.807) is 23.5 Å². The number of aryl methyl sites for hydroxylation is 1. The van der Waals surface area contributed by atoms with Gasteiger partial charge in [-0.15, -0.1) is 11.3 Å². The van der Waals surface area contributed by atoms with Crippen molar-refractivity contribution in [1.82, 2.24) is 5.43 Å². The predicted octanol–water partition coefficient (Wildman–Crippen LogP) is 3.92. The second kappa shape index (κ2) is 5.38. The van der Waals surface area contributed by atoms with Crippen molar-refractivity contribution in [2.45, 2.75) is 13.0 Å². The maximum absolute atomic E-state index is 6.19. The largest absolute Gasteiger partial charge is 0.271 e. The average molecular weight is 287 g/mol. The Labute approximate surface area is 114 Å². The molecule has 0 aliphatic carbocycles. The van der Waals surface area contributed by atoms with Crippen molar-refractivity contribution in [3.8, 4) is 0 Å². The molecule has 90 valence electrons. The summed E-state index contributed by atoms with van der Waals surface area (Å²) in [6.07, 6.45) is 0. The number of nitrogens with two attached hydrogens (primary N) is 1. The second-order valence-corrected chi connectivity index (χ2v) is 5.52. The van der Waals surface area contributed by atoms with Crippen LogP contribution in [0.25, 0.3) is 0 Å². The molecule has 0 amide bonds. The molecule has 2 rings (SSSR count). The van der Waals surface area contributed by atoms with E-state index in [-0.39, 0.29) is 6.04 Å². The van der Waals surface area contributed by atoms with Gasteiger partial charge in [-0.2, -0.15) is 0 Å². The molecule has 5 heteroatoms. The highest BCUT2D eigenvalue weighted by Gasteiger charge is 2.18. The molecule has 2 aromatic rings. The minimum atomic E-state index is -0.124. The van der Waals surface area contributed by atoms with Crippen LogP contribution < -0.4 is 11.3 Å². The first-order valence-electron chi connectivity index (χ1n) is 5.08. The summed E-state index contributed by atoms with van der Waals surface area (Å²) >= 11 is 13.8. The van der Waals surface area contributed by atoms with Crippen LogP contribution in [0.5, 0.6) is 0 Å². The van der Waals surface area contributed by atoms with Gasteiger partial charge in [0.15, 0.2) is 0 Å². The van der Waals surface area contributed by atoms with Crippen molar-refractivity contribution < 1.29 is 0 Å². The Morgan fingerprint density at radius 2 is 2.06 bits per heavy atom. The third kappa shape index (κ3) is 2.64. The first-order valence-corrected chi connectivity index (χ1v) is 6.72. The van der Waals surface area contributed by atoms with Gasteiger partial charge in [0.05, 0.1) is 6.04 Å². The van der Waals surface area contributed by atoms with E-state index in [1.165, 1.54) is 5.56 Å². The van der Waals surface area contributed by atoms with Gasteiger partial charge in [0.1, 0.15) is 0 Å². The molecule has 0 aliphatic rings. The van der Waals surface area contributed by atoms with E-state index >= 15 is 0 Å². The van der Waals surface area contributed by atoms with Crippen molar-refractivity contribution in [2.75, 3.05) is 0 Å². The molecule has 1 aromatic carbocycles. The first-order chi connectivity index (χ1) is 8.13. The fraction of sp³-hybridized carbons (Fsp3) is 0.167. The minimum Gasteiger partial charge on any atom is -0.271 e. The highest BCUT2D eigenvalue weighted by Crippen LogP contribution is 2.34. The van der Waals surface area contributed by atoms with E-state index in [2.05, 4.69) is 18.4 Å². The number of halogens is 2. The number of thiophene rings is 1. The number of hydrogen-bond acceptors (Lipinski definition) is 3. The van der Waals surface area contributed by atoms with Gasteiger partial charge in [0.2, 0.25) is 0 Å². The fourth-order valence-corrected chi connectivity index (χ4v) is 3.13. The lowest BCUT2D eigenvalue weighted by atomic mass is 10.0. The average Bonchev–Trinajstić information content (AvgIpc) is 2.71. The lowest BCUT2D eigenvalue weighted by Crippen LogP contribution is -2.28. The van der Waals surface area contributed by atoms with Crippen LogP contribution in [0, 0.1) is 6.92 Å². The Morgan fingerprint density at radius 3 is 2.65 bits per heavy atom. The smallest absolute Gasteiger partial charge is 0.0820 e. The highest BCUT2D eigenvalue weighted by atomic mass is 35.5. The highest BCUT2D eigenvalue weighted by molar-refractivity contribution is 7.10. The summed E-state index contributed by atoms with van der Waals surface area (Å²) in [6, 6.07) is 7.33. The molecule has 2 nitrogen and oxygen atoms in total. The topological polar surface area (TPSA) is 38.0 Å². The zero-order valence-electron chi connectivity index (χ0n) is 9.21. The molecule has 0 aliphatic heterocycles. The van der Waals surface area contributed by atoms with Crippen molar-refractivity contribution in [3.05, 3.63) is 55.7 Å². The molecule has 0 fully saturated rings. The van der Waals surface area contributed by atoms with E-state index in [0.29, 0.717) is 10.0 Å². The summed E-state index contributed by atoms with van der Waals surface area (Å²) in [5.41, 5.74) is 4.88. The van der Waals surface area contributed by atoms with Gasteiger partial charge < -0.3 is 0 Å².